The largest absolute Gasteiger partial charge is 0.496 e. The van der Waals surface area contributed by atoms with Gasteiger partial charge in [-0.1, -0.05) is 30.3 Å². The van der Waals surface area contributed by atoms with Crippen LogP contribution in [0.25, 0.3) is 10.8 Å². The van der Waals surface area contributed by atoms with Crippen LogP contribution in [0.15, 0.2) is 60.7 Å². The molecule has 3 aromatic rings. The maximum Gasteiger partial charge on any atom is 0.349 e. The summed E-state index contributed by atoms with van der Waals surface area (Å²) >= 11 is 0. The quantitative estimate of drug-likeness (QED) is 0.290. The molecule has 0 amide bonds. The summed E-state index contributed by atoms with van der Waals surface area (Å²) in [4.78, 5) is 22.4. The number of ether oxygens (including phenoxy) is 3. The van der Waals surface area contributed by atoms with E-state index in [2.05, 4.69) is 0 Å². The van der Waals surface area contributed by atoms with E-state index in [1.807, 2.05) is 30.3 Å². The molecule has 0 radical (unpaired) electrons. The summed E-state index contributed by atoms with van der Waals surface area (Å²) in [6.45, 7) is -0.373. The van der Waals surface area contributed by atoms with E-state index >= 15 is 0 Å². The van der Waals surface area contributed by atoms with Crippen LogP contribution in [-0.4, -0.2) is 24.6 Å². The van der Waals surface area contributed by atoms with Gasteiger partial charge in [0.25, 0.3) is 0 Å². The third kappa shape index (κ3) is 3.89. The van der Waals surface area contributed by atoms with Gasteiger partial charge in [-0.15, -0.1) is 0 Å². The van der Waals surface area contributed by atoms with Crippen molar-refractivity contribution < 1.29 is 23.9 Å². The summed E-state index contributed by atoms with van der Waals surface area (Å²) in [7, 11) is 1.39. The molecule has 0 saturated heterocycles. The molecule has 3 aromatic carbocycles. The molecule has 0 aliphatic carbocycles. The Morgan fingerprint density at radius 3 is 2.46 bits per heavy atom. The molecule has 0 atom stereocenters. The SMILES string of the molecule is COc1ccc(OC(=O)COc2ccc3ccccc3c2)c([N+](=O)[O-])c1. The Kier molecular flexibility index (Phi) is 4.98. The lowest BCUT2D eigenvalue weighted by Gasteiger charge is -2.08. The average Bonchev–Trinajstić information content (AvgIpc) is 2.66. The monoisotopic (exact) mass is 353 g/mol. The van der Waals surface area contributed by atoms with Gasteiger partial charge in [-0.3, -0.25) is 10.1 Å². The van der Waals surface area contributed by atoms with E-state index in [4.69, 9.17) is 14.2 Å². The molecule has 0 fully saturated rings. The third-order valence-corrected chi connectivity index (χ3v) is 3.66. The number of rotatable bonds is 6. The highest BCUT2D eigenvalue weighted by Crippen LogP contribution is 2.31. The Hall–Kier alpha value is -3.61. The molecular weight excluding hydrogens is 338 g/mol. The van der Waals surface area contributed by atoms with Crippen LogP contribution >= 0.6 is 0 Å². The van der Waals surface area contributed by atoms with E-state index in [0.717, 1.165) is 10.8 Å². The smallest absolute Gasteiger partial charge is 0.349 e. The minimum absolute atomic E-state index is 0.164. The molecule has 0 spiro atoms. The molecule has 0 bridgehead atoms. The number of nitro groups is 1. The van der Waals surface area contributed by atoms with Crippen LogP contribution < -0.4 is 14.2 Å². The van der Waals surface area contributed by atoms with Crippen molar-refractivity contribution in [1.29, 1.82) is 0 Å². The topological polar surface area (TPSA) is 87.9 Å². The first-order chi connectivity index (χ1) is 12.6. The van der Waals surface area contributed by atoms with Gasteiger partial charge in [0.15, 0.2) is 6.61 Å². The molecule has 0 aliphatic heterocycles. The first kappa shape index (κ1) is 17.2. The zero-order valence-electron chi connectivity index (χ0n) is 13.9. The molecule has 7 nitrogen and oxygen atoms in total. The van der Waals surface area contributed by atoms with E-state index < -0.39 is 10.9 Å². The molecule has 0 heterocycles. The minimum atomic E-state index is -0.744. The number of carbonyl (C=O) groups is 1. The van der Waals surface area contributed by atoms with E-state index in [1.165, 1.54) is 25.3 Å². The molecule has 0 unspecified atom stereocenters. The van der Waals surface area contributed by atoms with Crippen LogP contribution in [0.3, 0.4) is 0 Å². The van der Waals surface area contributed by atoms with Gasteiger partial charge in [0.1, 0.15) is 11.5 Å². The van der Waals surface area contributed by atoms with Crippen LogP contribution in [0.2, 0.25) is 0 Å². The maximum atomic E-state index is 12.0. The van der Waals surface area contributed by atoms with Crippen molar-refractivity contribution in [3.8, 4) is 17.2 Å². The Morgan fingerprint density at radius 1 is 1.00 bits per heavy atom. The van der Waals surface area contributed by atoms with Crippen LogP contribution in [-0.2, 0) is 4.79 Å². The summed E-state index contributed by atoms with van der Waals surface area (Å²) in [6.07, 6.45) is 0. The second-order valence-corrected chi connectivity index (χ2v) is 5.36. The molecule has 0 N–H and O–H groups in total. The van der Waals surface area contributed by atoms with Crippen molar-refractivity contribution in [3.63, 3.8) is 0 Å². The normalized spacial score (nSPS) is 10.3. The van der Waals surface area contributed by atoms with Crippen LogP contribution in [0.1, 0.15) is 0 Å². The van der Waals surface area contributed by atoms with Crippen molar-refractivity contribution >= 4 is 22.4 Å². The lowest BCUT2D eigenvalue weighted by atomic mass is 10.1. The van der Waals surface area contributed by atoms with Crippen molar-refractivity contribution in [2.24, 2.45) is 0 Å². The van der Waals surface area contributed by atoms with Gasteiger partial charge in [0, 0.05) is 0 Å². The standard InChI is InChI=1S/C19H15NO6/c1-24-15-8-9-18(17(11-15)20(22)23)26-19(21)12-25-16-7-6-13-4-2-3-5-14(13)10-16/h2-11H,12H2,1H3. The third-order valence-electron chi connectivity index (χ3n) is 3.66. The highest BCUT2D eigenvalue weighted by atomic mass is 16.6. The number of methoxy groups -OCH3 is 1. The van der Waals surface area contributed by atoms with Gasteiger partial charge in [-0.2, -0.15) is 0 Å². The number of carbonyl (C=O) groups excluding carboxylic acids is 1. The molecular formula is C19H15NO6. The molecule has 0 aromatic heterocycles. The van der Waals surface area contributed by atoms with Crippen molar-refractivity contribution in [2.75, 3.05) is 13.7 Å². The van der Waals surface area contributed by atoms with E-state index in [0.29, 0.717) is 11.5 Å². The Labute approximate surface area is 148 Å². The van der Waals surface area contributed by atoms with Crippen molar-refractivity contribution in [2.45, 2.75) is 0 Å². The fraction of sp³-hybridized carbons (Fsp3) is 0.105. The number of hydrogen-bond donors (Lipinski definition) is 0. The molecule has 0 saturated carbocycles. The Balaban J connectivity index is 1.67. The average molecular weight is 353 g/mol. The van der Waals surface area contributed by atoms with Gasteiger partial charge in [-0.25, -0.2) is 4.79 Å². The fourth-order valence-corrected chi connectivity index (χ4v) is 2.40. The summed E-state index contributed by atoms with van der Waals surface area (Å²) in [5.41, 5.74) is -0.358. The predicted octanol–water partition coefficient (Wildman–Crippen LogP) is 3.74. The number of nitrogens with zero attached hydrogens (tertiary/aromatic N) is 1. The van der Waals surface area contributed by atoms with Gasteiger partial charge >= 0.3 is 11.7 Å². The number of fused-ring (bicyclic) bond motifs is 1. The summed E-state index contributed by atoms with van der Waals surface area (Å²) in [5.74, 6) is -0.108. The van der Waals surface area contributed by atoms with Gasteiger partial charge in [-0.05, 0) is 35.0 Å². The lowest BCUT2D eigenvalue weighted by Crippen LogP contribution is -2.18. The molecule has 26 heavy (non-hydrogen) atoms. The van der Waals surface area contributed by atoms with E-state index in [1.54, 1.807) is 12.1 Å². The minimum Gasteiger partial charge on any atom is -0.496 e. The number of benzene rings is 3. The predicted molar refractivity (Wildman–Crippen MR) is 94.7 cm³/mol. The second-order valence-electron chi connectivity index (χ2n) is 5.36. The highest BCUT2D eigenvalue weighted by molar-refractivity contribution is 5.84. The summed E-state index contributed by atoms with van der Waals surface area (Å²) < 4.78 is 15.4. The van der Waals surface area contributed by atoms with E-state index in [9.17, 15) is 14.9 Å². The summed E-state index contributed by atoms with van der Waals surface area (Å²) in [5, 5.41) is 13.1. The maximum absolute atomic E-state index is 12.0. The number of hydrogen-bond acceptors (Lipinski definition) is 6. The molecule has 7 heteroatoms. The second kappa shape index (κ2) is 7.52. The van der Waals surface area contributed by atoms with Crippen LogP contribution in [0.5, 0.6) is 17.2 Å². The summed E-state index contributed by atoms with van der Waals surface area (Å²) in [6, 6.07) is 17.1. The molecule has 3 rings (SSSR count). The van der Waals surface area contributed by atoms with Gasteiger partial charge in [0.05, 0.1) is 18.1 Å². The highest BCUT2D eigenvalue weighted by Gasteiger charge is 2.19. The number of esters is 1. The first-order valence-electron chi connectivity index (χ1n) is 7.71. The fourth-order valence-electron chi connectivity index (χ4n) is 2.40. The van der Waals surface area contributed by atoms with Crippen LogP contribution in [0.4, 0.5) is 5.69 Å². The lowest BCUT2D eigenvalue weighted by molar-refractivity contribution is -0.385. The van der Waals surface area contributed by atoms with Crippen molar-refractivity contribution in [3.05, 3.63) is 70.8 Å². The first-order valence-corrected chi connectivity index (χ1v) is 7.71. The molecule has 0 aliphatic rings. The number of nitro benzene ring substituents is 1. The zero-order valence-corrected chi connectivity index (χ0v) is 13.9. The zero-order chi connectivity index (χ0) is 18.5. The molecule has 132 valence electrons. The van der Waals surface area contributed by atoms with E-state index in [-0.39, 0.29) is 18.0 Å². The van der Waals surface area contributed by atoms with Gasteiger partial charge < -0.3 is 14.2 Å². The Bertz CT molecular complexity index is 969. The Morgan fingerprint density at radius 2 is 1.73 bits per heavy atom. The van der Waals surface area contributed by atoms with Crippen LogP contribution in [0, 0.1) is 10.1 Å². The van der Waals surface area contributed by atoms with Crippen molar-refractivity contribution in [1.82, 2.24) is 0 Å². The van der Waals surface area contributed by atoms with Gasteiger partial charge in [0.2, 0.25) is 5.75 Å².